The Morgan fingerprint density at radius 3 is 2.48 bits per heavy atom. The van der Waals surface area contributed by atoms with Gasteiger partial charge in [0.1, 0.15) is 18.5 Å². The summed E-state index contributed by atoms with van der Waals surface area (Å²) in [4.78, 5) is 2.34. The molecule has 0 aromatic heterocycles. The minimum absolute atomic E-state index is 0.206. The van der Waals surface area contributed by atoms with Crippen molar-refractivity contribution in [2.24, 2.45) is 0 Å². The van der Waals surface area contributed by atoms with Crippen LogP contribution in [0.1, 0.15) is 43.2 Å². The Bertz CT molecular complexity index is 794. The molecule has 170 valence electrons. The van der Waals surface area contributed by atoms with Crippen molar-refractivity contribution in [2.75, 3.05) is 33.4 Å². The third kappa shape index (κ3) is 7.80. The molecule has 1 aliphatic rings. The van der Waals surface area contributed by atoms with Gasteiger partial charge in [0.2, 0.25) is 0 Å². The fourth-order valence-corrected chi connectivity index (χ4v) is 3.96. The molecule has 0 aliphatic carbocycles. The zero-order valence-electron chi connectivity index (χ0n) is 18.5. The van der Waals surface area contributed by atoms with E-state index in [9.17, 15) is 9.50 Å². The quantitative estimate of drug-likeness (QED) is 0.594. The first-order valence-corrected chi connectivity index (χ1v) is 11.3. The second-order valence-electron chi connectivity index (χ2n) is 8.21. The van der Waals surface area contributed by atoms with Crippen LogP contribution in [0.5, 0.6) is 11.5 Å². The largest absolute Gasteiger partial charge is 0.493 e. The molecular formula is C25H35FN2O3. The van der Waals surface area contributed by atoms with E-state index in [1.54, 1.807) is 19.2 Å². The molecule has 2 aromatic carbocycles. The molecule has 0 radical (unpaired) electrons. The lowest BCUT2D eigenvalue weighted by Gasteiger charge is -2.26. The number of likely N-dealkylation sites (tertiary alicyclic amines) is 1. The van der Waals surface area contributed by atoms with Crippen molar-refractivity contribution < 1.29 is 19.0 Å². The van der Waals surface area contributed by atoms with Gasteiger partial charge in [-0.1, -0.05) is 43.5 Å². The molecule has 31 heavy (non-hydrogen) atoms. The van der Waals surface area contributed by atoms with Crippen LogP contribution in [0.3, 0.4) is 0 Å². The summed E-state index contributed by atoms with van der Waals surface area (Å²) in [5, 5.41) is 13.8. The highest BCUT2D eigenvalue weighted by atomic mass is 19.1. The van der Waals surface area contributed by atoms with E-state index in [1.807, 2.05) is 24.3 Å². The Morgan fingerprint density at radius 2 is 1.74 bits per heavy atom. The van der Waals surface area contributed by atoms with E-state index in [0.29, 0.717) is 36.7 Å². The molecule has 2 aromatic rings. The number of aliphatic hydroxyl groups excluding tert-OH is 1. The van der Waals surface area contributed by atoms with Crippen molar-refractivity contribution >= 4 is 0 Å². The highest BCUT2D eigenvalue weighted by molar-refractivity contribution is 5.43. The second-order valence-corrected chi connectivity index (χ2v) is 8.21. The highest BCUT2D eigenvalue weighted by Gasteiger charge is 2.15. The summed E-state index contributed by atoms with van der Waals surface area (Å²) in [6, 6.07) is 12.5. The average molecular weight is 431 g/mol. The molecule has 1 saturated heterocycles. The molecule has 3 rings (SSSR count). The minimum atomic E-state index is -0.549. The van der Waals surface area contributed by atoms with Crippen LogP contribution in [0.2, 0.25) is 0 Å². The predicted octanol–water partition coefficient (Wildman–Crippen LogP) is 4.13. The van der Waals surface area contributed by atoms with E-state index in [0.717, 1.165) is 18.7 Å². The molecule has 1 aliphatic heterocycles. The zero-order valence-corrected chi connectivity index (χ0v) is 18.5. The van der Waals surface area contributed by atoms with Crippen LogP contribution in [0.25, 0.3) is 0 Å². The fourth-order valence-electron chi connectivity index (χ4n) is 3.96. The van der Waals surface area contributed by atoms with Gasteiger partial charge < -0.3 is 24.8 Å². The van der Waals surface area contributed by atoms with E-state index in [1.165, 1.54) is 38.2 Å². The molecule has 1 atom stereocenters. The summed E-state index contributed by atoms with van der Waals surface area (Å²) in [6.45, 7) is 3.97. The van der Waals surface area contributed by atoms with Gasteiger partial charge in [-0.25, -0.2) is 4.39 Å². The van der Waals surface area contributed by atoms with Crippen molar-refractivity contribution in [1.82, 2.24) is 10.2 Å². The molecule has 5 nitrogen and oxygen atoms in total. The molecule has 0 bridgehead atoms. The van der Waals surface area contributed by atoms with Crippen LogP contribution in [-0.2, 0) is 13.1 Å². The lowest BCUT2D eigenvalue weighted by atomic mass is 10.1. The molecule has 2 N–H and O–H groups in total. The minimum Gasteiger partial charge on any atom is -0.493 e. The summed E-state index contributed by atoms with van der Waals surface area (Å²) in [6.07, 6.45) is 5.72. The lowest BCUT2D eigenvalue weighted by Crippen LogP contribution is -2.37. The Hall–Kier alpha value is -2.15. The number of β-amino-alcohol motifs (C(OH)–C–C–N with tert-alkyl or cyclic N) is 1. The van der Waals surface area contributed by atoms with Gasteiger partial charge in [0.15, 0.2) is 11.5 Å². The standard InChI is InChI=1S/C25H35FN2O3/c1-30-24-12-11-20(16-27-17-21-9-5-6-10-23(21)26)15-25(24)31-19-22(29)18-28-13-7-3-2-4-8-14-28/h5-6,9-12,15,22,27,29H,2-4,7-8,13-14,16-19H2,1H3. The zero-order chi connectivity index (χ0) is 21.9. The number of ether oxygens (including phenoxy) is 2. The molecule has 1 unspecified atom stereocenters. The van der Waals surface area contributed by atoms with Gasteiger partial charge in [0.25, 0.3) is 0 Å². The maximum absolute atomic E-state index is 13.8. The summed E-state index contributed by atoms with van der Waals surface area (Å²) < 4.78 is 25.1. The average Bonchev–Trinajstić information content (AvgIpc) is 2.75. The van der Waals surface area contributed by atoms with Crippen LogP contribution < -0.4 is 14.8 Å². The van der Waals surface area contributed by atoms with E-state index in [4.69, 9.17) is 9.47 Å². The van der Waals surface area contributed by atoms with Gasteiger partial charge in [0.05, 0.1) is 7.11 Å². The number of aliphatic hydroxyl groups is 1. The van der Waals surface area contributed by atoms with E-state index < -0.39 is 6.10 Å². The topological polar surface area (TPSA) is 54.0 Å². The lowest BCUT2D eigenvalue weighted by molar-refractivity contribution is 0.0644. The summed E-state index contributed by atoms with van der Waals surface area (Å²) >= 11 is 0. The van der Waals surface area contributed by atoms with Gasteiger partial charge in [-0.3, -0.25) is 0 Å². The highest BCUT2D eigenvalue weighted by Crippen LogP contribution is 2.28. The van der Waals surface area contributed by atoms with E-state index >= 15 is 0 Å². The third-order valence-electron chi connectivity index (χ3n) is 5.68. The third-order valence-corrected chi connectivity index (χ3v) is 5.68. The molecule has 0 amide bonds. The van der Waals surface area contributed by atoms with Crippen LogP contribution in [0.15, 0.2) is 42.5 Å². The number of halogens is 1. The van der Waals surface area contributed by atoms with Crippen molar-refractivity contribution in [3.63, 3.8) is 0 Å². The number of rotatable bonds is 10. The van der Waals surface area contributed by atoms with Crippen molar-refractivity contribution in [3.8, 4) is 11.5 Å². The Morgan fingerprint density at radius 1 is 1.00 bits per heavy atom. The van der Waals surface area contributed by atoms with Crippen LogP contribution in [-0.4, -0.2) is 49.5 Å². The Balaban J connectivity index is 1.50. The molecule has 0 saturated carbocycles. The number of benzene rings is 2. The second kappa shape index (κ2) is 12.6. The molecular weight excluding hydrogens is 395 g/mol. The monoisotopic (exact) mass is 430 g/mol. The smallest absolute Gasteiger partial charge is 0.161 e. The predicted molar refractivity (Wildman–Crippen MR) is 121 cm³/mol. The van der Waals surface area contributed by atoms with Gasteiger partial charge in [-0.2, -0.15) is 0 Å². The van der Waals surface area contributed by atoms with Crippen molar-refractivity contribution in [2.45, 2.75) is 51.3 Å². The number of nitrogens with one attached hydrogen (secondary N) is 1. The van der Waals surface area contributed by atoms with Crippen molar-refractivity contribution in [3.05, 3.63) is 59.4 Å². The first-order valence-electron chi connectivity index (χ1n) is 11.3. The summed E-state index contributed by atoms with van der Waals surface area (Å²) in [5.74, 6) is 1.04. The first kappa shape index (κ1) is 23.5. The van der Waals surface area contributed by atoms with Crippen molar-refractivity contribution in [1.29, 1.82) is 0 Å². The van der Waals surface area contributed by atoms with Crippen LogP contribution in [0, 0.1) is 5.82 Å². The van der Waals surface area contributed by atoms with Gasteiger partial charge in [0, 0.05) is 25.2 Å². The normalized spacial score (nSPS) is 16.4. The first-order chi connectivity index (χ1) is 15.2. The Kier molecular flexibility index (Phi) is 9.59. The fraction of sp³-hybridized carbons (Fsp3) is 0.520. The van der Waals surface area contributed by atoms with E-state index in [2.05, 4.69) is 10.2 Å². The van der Waals surface area contributed by atoms with Gasteiger partial charge in [-0.15, -0.1) is 0 Å². The SMILES string of the molecule is COc1ccc(CNCc2ccccc2F)cc1OCC(O)CN1CCCCCCC1. The van der Waals surface area contributed by atoms with Crippen LogP contribution in [0.4, 0.5) is 4.39 Å². The molecule has 0 spiro atoms. The number of nitrogens with zero attached hydrogens (tertiary/aromatic N) is 1. The maximum Gasteiger partial charge on any atom is 0.161 e. The number of methoxy groups -OCH3 is 1. The number of hydrogen-bond acceptors (Lipinski definition) is 5. The molecule has 6 heteroatoms. The maximum atomic E-state index is 13.8. The summed E-state index contributed by atoms with van der Waals surface area (Å²) in [7, 11) is 1.61. The number of hydrogen-bond donors (Lipinski definition) is 2. The van der Waals surface area contributed by atoms with Crippen LogP contribution >= 0.6 is 0 Å². The van der Waals surface area contributed by atoms with E-state index in [-0.39, 0.29) is 12.4 Å². The summed E-state index contributed by atoms with van der Waals surface area (Å²) in [5.41, 5.74) is 1.64. The molecule has 1 fully saturated rings. The van der Waals surface area contributed by atoms with Gasteiger partial charge in [-0.05, 0) is 49.7 Å². The Labute approximate surface area is 185 Å². The van der Waals surface area contributed by atoms with Gasteiger partial charge >= 0.3 is 0 Å². The molecule has 1 heterocycles.